The Bertz CT molecular complexity index is 489. The summed E-state index contributed by atoms with van der Waals surface area (Å²) in [6.45, 7) is 2.35. The Morgan fingerprint density at radius 2 is 1.95 bits per heavy atom. The molecule has 0 aromatic heterocycles. The van der Waals surface area contributed by atoms with Gasteiger partial charge in [0.25, 0.3) is 5.91 Å². The molecule has 2 N–H and O–H groups in total. The Labute approximate surface area is 121 Å². The minimum absolute atomic E-state index is 0.0591. The van der Waals surface area contributed by atoms with Gasteiger partial charge in [0.1, 0.15) is 0 Å². The Morgan fingerprint density at radius 3 is 2.47 bits per heavy atom. The summed E-state index contributed by atoms with van der Waals surface area (Å²) >= 11 is 3.33. The van der Waals surface area contributed by atoms with Crippen molar-refractivity contribution in [3.8, 4) is 0 Å². The second kappa shape index (κ2) is 6.56. The highest BCUT2D eigenvalue weighted by Gasteiger charge is 2.20. The van der Waals surface area contributed by atoms with E-state index in [0.29, 0.717) is 22.3 Å². The molecule has 0 spiro atoms. The molecule has 0 unspecified atom stereocenters. The number of carbonyl (C=O) groups excluding carboxylic acids is 2. The standard InChI is InChI=1S/C13H18BrN3O2/c1-4-17(8-12(18)16(2)3)13(19)10-7-9(15)5-6-11(10)14/h5-7H,4,8,15H2,1-3H3. The van der Waals surface area contributed by atoms with Crippen molar-refractivity contribution >= 4 is 33.4 Å². The second-order valence-electron chi connectivity index (χ2n) is 4.35. The molecule has 2 amide bonds. The maximum Gasteiger partial charge on any atom is 0.255 e. The molecule has 0 saturated carbocycles. The van der Waals surface area contributed by atoms with E-state index in [9.17, 15) is 9.59 Å². The summed E-state index contributed by atoms with van der Waals surface area (Å²) in [5.74, 6) is -0.327. The van der Waals surface area contributed by atoms with Crippen LogP contribution in [0.1, 0.15) is 17.3 Å². The lowest BCUT2D eigenvalue weighted by molar-refractivity contribution is -0.129. The number of carbonyl (C=O) groups is 2. The maximum absolute atomic E-state index is 12.4. The van der Waals surface area contributed by atoms with Gasteiger partial charge in [0, 0.05) is 30.8 Å². The lowest BCUT2D eigenvalue weighted by Gasteiger charge is -2.23. The zero-order chi connectivity index (χ0) is 14.6. The molecule has 0 aliphatic rings. The molecule has 0 aliphatic heterocycles. The largest absolute Gasteiger partial charge is 0.399 e. The summed E-state index contributed by atoms with van der Waals surface area (Å²) in [5, 5.41) is 0. The van der Waals surface area contributed by atoms with Crippen LogP contribution >= 0.6 is 15.9 Å². The molecule has 0 bridgehead atoms. The first kappa shape index (κ1) is 15.5. The van der Waals surface area contributed by atoms with Gasteiger partial charge in [-0.2, -0.15) is 0 Å². The normalized spacial score (nSPS) is 10.1. The smallest absolute Gasteiger partial charge is 0.255 e. The molecular formula is C13H18BrN3O2. The Balaban J connectivity index is 2.95. The van der Waals surface area contributed by atoms with Gasteiger partial charge >= 0.3 is 0 Å². The number of nitrogens with two attached hydrogens (primary N) is 1. The third-order valence-corrected chi connectivity index (χ3v) is 3.41. The fourth-order valence-corrected chi connectivity index (χ4v) is 1.93. The van der Waals surface area contributed by atoms with Crippen LogP contribution in [0.25, 0.3) is 0 Å². The average molecular weight is 328 g/mol. The van der Waals surface area contributed by atoms with Crippen molar-refractivity contribution in [3.05, 3.63) is 28.2 Å². The predicted molar refractivity (Wildman–Crippen MR) is 78.8 cm³/mol. The Hall–Kier alpha value is -1.56. The number of anilines is 1. The number of amides is 2. The van der Waals surface area contributed by atoms with E-state index in [-0.39, 0.29) is 18.4 Å². The highest BCUT2D eigenvalue weighted by atomic mass is 79.9. The minimum atomic E-state index is -0.211. The molecule has 5 nitrogen and oxygen atoms in total. The van der Waals surface area contributed by atoms with Gasteiger partial charge in [-0.15, -0.1) is 0 Å². The van der Waals surface area contributed by atoms with E-state index >= 15 is 0 Å². The first-order chi connectivity index (χ1) is 8.86. The summed E-state index contributed by atoms with van der Waals surface area (Å²) in [5.41, 5.74) is 6.67. The van der Waals surface area contributed by atoms with E-state index < -0.39 is 0 Å². The van der Waals surface area contributed by atoms with Crippen LogP contribution in [-0.4, -0.2) is 48.8 Å². The summed E-state index contributed by atoms with van der Waals surface area (Å²) in [7, 11) is 3.33. The second-order valence-corrected chi connectivity index (χ2v) is 5.20. The highest BCUT2D eigenvalue weighted by molar-refractivity contribution is 9.10. The number of nitrogen functional groups attached to an aromatic ring is 1. The Morgan fingerprint density at radius 1 is 1.32 bits per heavy atom. The molecule has 104 valence electrons. The van der Waals surface area contributed by atoms with Crippen LogP contribution in [0, 0.1) is 0 Å². The lowest BCUT2D eigenvalue weighted by Crippen LogP contribution is -2.40. The van der Waals surface area contributed by atoms with Gasteiger partial charge < -0.3 is 15.5 Å². The van der Waals surface area contributed by atoms with Gasteiger partial charge in [-0.05, 0) is 41.1 Å². The monoisotopic (exact) mass is 327 g/mol. The molecule has 19 heavy (non-hydrogen) atoms. The van der Waals surface area contributed by atoms with E-state index in [2.05, 4.69) is 15.9 Å². The summed E-state index contributed by atoms with van der Waals surface area (Å²) in [6.07, 6.45) is 0. The maximum atomic E-state index is 12.4. The molecule has 0 saturated heterocycles. The fourth-order valence-electron chi connectivity index (χ4n) is 1.51. The molecule has 0 atom stereocenters. The molecule has 1 aromatic rings. The third-order valence-electron chi connectivity index (χ3n) is 2.71. The van der Waals surface area contributed by atoms with Crippen LogP contribution in [0.4, 0.5) is 5.69 Å². The Kier molecular flexibility index (Phi) is 5.35. The number of nitrogens with zero attached hydrogens (tertiary/aromatic N) is 2. The number of rotatable bonds is 4. The van der Waals surface area contributed by atoms with E-state index in [4.69, 9.17) is 5.73 Å². The summed E-state index contributed by atoms with van der Waals surface area (Å²) in [4.78, 5) is 27.0. The lowest BCUT2D eigenvalue weighted by atomic mass is 10.1. The zero-order valence-corrected chi connectivity index (χ0v) is 12.9. The van der Waals surface area contributed by atoms with Crippen molar-refractivity contribution < 1.29 is 9.59 Å². The summed E-state index contributed by atoms with van der Waals surface area (Å²) < 4.78 is 0.669. The molecule has 0 aliphatic carbocycles. The van der Waals surface area contributed by atoms with Crippen molar-refractivity contribution in [1.29, 1.82) is 0 Å². The molecule has 0 radical (unpaired) electrons. The van der Waals surface area contributed by atoms with Crippen LogP contribution < -0.4 is 5.73 Å². The topological polar surface area (TPSA) is 66.6 Å². The predicted octanol–water partition coefficient (Wildman–Crippen LogP) is 1.58. The number of benzene rings is 1. The van der Waals surface area contributed by atoms with Gasteiger partial charge in [0.05, 0.1) is 12.1 Å². The van der Waals surface area contributed by atoms with Gasteiger partial charge in [-0.25, -0.2) is 0 Å². The molecular weight excluding hydrogens is 310 g/mol. The summed E-state index contributed by atoms with van der Waals surface area (Å²) in [6, 6.07) is 5.04. The van der Waals surface area contributed by atoms with Crippen molar-refractivity contribution in [2.24, 2.45) is 0 Å². The number of hydrogen-bond acceptors (Lipinski definition) is 3. The van der Waals surface area contributed by atoms with Crippen molar-refractivity contribution in [1.82, 2.24) is 9.80 Å². The average Bonchev–Trinajstić information content (AvgIpc) is 2.37. The van der Waals surface area contributed by atoms with Crippen LogP contribution in [0.15, 0.2) is 22.7 Å². The number of likely N-dealkylation sites (N-methyl/N-ethyl adjacent to an activating group) is 2. The van der Waals surface area contributed by atoms with Gasteiger partial charge in [-0.1, -0.05) is 0 Å². The van der Waals surface area contributed by atoms with Crippen LogP contribution in [0.5, 0.6) is 0 Å². The van der Waals surface area contributed by atoms with Crippen molar-refractivity contribution in [2.45, 2.75) is 6.92 Å². The highest BCUT2D eigenvalue weighted by Crippen LogP contribution is 2.21. The van der Waals surface area contributed by atoms with E-state index in [0.717, 1.165) is 0 Å². The quantitative estimate of drug-likeness (QED) is 0.854. The van der Waals surface area contributed by atoms with E-state index in [1.807, 2.05) is 6.92 Å². The van der Waals surface area contributed by atoms with Crippen molar-refractivity contribution in [2.75, 3.05) is 32.9 Å². The molecule has 0 fully saturated rings. The SMILES string of the molecule is CCN(CC(=O)N(C)C)C(=O)c1cc(N)ccc1Br. The first-order valence-electron chi connectivity index (χ1n) is 5.91. The fraction of sp³-hybridized carbons (Fsp3) is 0.385. The van der Waals surface area contributed by atoms with Crippen LogP contribution in [0.2, 0.25) is 0 Å². The molecule has 6 heteroatoms. The van der Waals surface area contributed by atoms with Gasteiger partial charge in [-0.3, -0.25) is 9.59 Å². The van der Waals surface area contributed by atoms with E-state index in [1.54, 1.807) is 32.3 Å². The van der Waals surface area contributed by atoms with Crippen LogP contribution in [-0.2, 0) is 4.79 Å². The van der Waals surface area contributed by atoms with Crippen LogP contribution in [0.3, 0.4) is 0 Å². The zero-order valence-electron chi connectivity index (χ0n) is 11.3. The minimum Gasteiger partial charge on any atom is -0.399 e. The number of halogens is 1. The first-order valence-corrected chi connectivity index (χ1v) is 6.70. The van der Waals surface area contributed by atoms with Gasteiger partial charge in [0.2, 0.25) is 5.91 Å². The number of hydrogen-bond donors (Lipinski definition) is 1. The van der Waals surface area contributed by atoms with E-state index in [1.165, 1.54) is 9.80 Å². The molecule has 1 rings (SSSR count). The van der Waals surface area contributed by atoms with Crippen molar-refractivity contribution in [3.63, 3.8) is 0 Å². The molecule has 1 aromatic carbocycles. The molecule has 0 heterocycles. The third kappa shape index (κ3) is 3.96. The van der Waals surface area contributed by atoms with Gasteiger partial charge in [0.15, 0.2) is 0 Å².